The highest BCUT2D eigenvalue weighted by Gasteiger charge is 2.35. The molecule has 7 aromatic carbocycles. The molecule has 1 heteroatoms. The fourth-order valence-corrected chi connectivity index (χ4v) is 7.11. The molecule has 0 saturated carbocycles. The minimum Gasteiger partial charge on any atom is -0.310 e. The van der Waals surface area contributed by atoms with Crippen molar-refractivity contribution in [3.05, 3.63) is 187 Å². The van der Waals surface area contributed by atoms with Gasteiger partial charge < -0.3 is 4.90 Å². The minimum absolute atomic E-state index is 0.0723. The Kier molecular flexibility index (Phi) is 6.88. The lowest BCUT2D eigenvalue weighted by Crippen LogP contribution is -2.15. The van der Waals surface area contributed by atoms with E-state index in [1.165, 1.54) is 55.6 Å². The Bertz CT molecular complexity index is 2100. The van der Waals surface area contributed by atoms with E-state index in [2.05, 4.69) is 195 Å². The maximum Gasteiger partial charge on any atom is 0.0468 e. The average Bonchev–Trinajstić information content (AvgIpc) is 3.35. The predicted molar refractivity (Wildman–Crippen MR) is 195 cm³/mol. The third kappa shape index (κ3) is 4.82. The molecule has 0 bridgehead atoms. The molecule has 0 aliphatic heterocycles. The number of anilines is 3. The van der Waals surface area contributed by atoms with Crippen molar-refractivity contribution >= 4 is 17.1 Å². The summed E-state index contributed by atoms with van der Waals surface area (Å²) in [5.41, 5.74) is 16.1. The van der Waals surface area contributed by atoms with Crippen LogP contribution in [0.3, 0.4) is 0 Å². The van der Waals surface area contributed by atoms with Gasteiger partial charge in [-0.05, 0) is 98.1 Å². The number of hydrogen-bond donors (Lipinski definition) is 0. The van der Waals surface area contributed by atoms with Gasteiger partial charge in [-0.2, -0.15) is 0 Å². The first-order valence-corrected chi connectivity index (χ1v) is 16.0. The van der Waals surface area contributed by atoms with Crippen molar-refractivity contribution in [1.82, 2.24) is 0 Å². The summed E-state index contributed by atoms with van der Waals surface area (Å²) in [5, 5.41) is 0. The van der Waals surface area contributed by atoms with E-state index in [9.17, 15) is 0 Å². The van der Waals surface area contributed by atoms with E-state index in [-0.39, 0.29) is 5.41 Å². The molecule has 7 aromatic rings. The van der Waals surface area contributed by atoms with Crippen LogP contribution in [0.15, 0.2) is 176 Å². The number of hydrogen-bond acceptors (Lipinski definition) is 1. The zero-order chi connectivity index (χ0) is 31.1. The van der Waals surface area contributed by atoms with Gasteiger partial charge in [0.15, 0.2) is 0 Å². The van der Waals surface area contributed by atoms with Crippen LogP contribution in [0.25, 0.3) is 44.5 Å². The van der Waals surface area contributed by atoms with Gasteiger partial charge in [-0.25, -0.2) is 0 Å². The van der Waals surface area contributed by atoms with Gasteiger partial charge in [0.25, 0.3) is 0 Å². The lowest BCUT2D eigenvalue weighted by Gasteiger charge is -2.27. The fourth-order valence-electron chi connectivity index (χ4n) is 7.11. The summed E-state index contributed by atoms with van der Waals surface area (Å²) in [6.45, 7) is 4.71. The van der Waals surface area contributed by atoms with Gasteiger partial charge in [0.2, 0.25) is 0 Å². The molecule has 220 valence electrons. The molecule has 0 unspecified atom stereocenters. The smallest absolute Gasteiger partial charge is 0.0468 e. The van der Waals surface area contributed by atoms with Gasteiger partial charge >= 0.3 is 0 Å². The molecule has 0 atom stereocenters. The first-order chi connectivity index (χ1) is 22.6. The molecule has 0 fully saturated rings. The number of nitrogens with zero attached hydrogens (tertiary/aromatic N) is 1. The predicted octanol–water partition coefficient (Wildman–Crippen LogP) is 12.5. The SMILES string of the molecule is CC1(C)c2ccccc2-c2ccc(-c3cc(N(c4ccccc4)c4ccccc4)ccc3-c3ccc(-c4ccccc4)cc3)cc21. The second-order valence-corrected chi connectivity index (χ2v) is 12.6. The summed E-state index contributed by atoms with van der Waals surface area (Å²) >= 11 is 0. The number of benzene rings is 7. The van der Waals surface area contributed by atoms with Gasteiger partial charge in [-0.15, -0.1) is 0 Å². The minimum atomic E-state index is -0.0723. The van der Waals surface area contributed by atoms with E-state index >= 15 is 0 Å². The van der Waals surface area contributed by atoms with Gasteiger partial charge in [-0.3, -0.25) is 0 Å². The lowest BCUT2D eigenvalue weighted by molar-refractivity contribution is 0.660. The highest BCUT2D eigenvalue weighted by molar-refractivity contribution is 5.91. The first-order valence-electron chi connectivity index (χ1n) is 16.0. The summed E-state index contributed by atoms with van der Waals surface area (Å²) in [4.78, 5) is 2.35. The monoisotopic (exact) mass is 589 g/mol. The summed E-state index contributed by atoms with van der Waals surface area (Å²) in [6.07, 6.45) is 0. The van der Waals surface area contributed by atoms with Crippen LogP contribution in [-0.2, 0) is 5.41 Å². The molecule has 0 radical (unpaired) electrons. The van der Waals surface area contributed by atoms with Crippen LogP contribution in [0.1, 0.15) is 25.0 Å². The molecule has 46 heavy (non-hydrogen) atoms. The van der Waals surface area contributed by atoms with Crippen molar-refractivity contribution in [1.29, 1.82) is 0 Å². The maximum absolute atomic E-state index is 2.44. The maximum atomic E-state index is 2.44. The largest absolute Gasteiger partial charge is 0.310 e. The molecule has 0 N–H and O–H groups in total. The summed E-state index contributed by atoms with van der Waals surface area (Å²) in [5.74, 6) is 0. The van der Waals surface area contributed by atoms with Crippen molar-refractivity contribution < 1.29 is 0 Å². The molecule has 1 nitrogen and oxygen atoms in total. The van der Waals surface area contributed by atoms with E-state index in [1.807, 2.05) is 0 Å². The quantitative estimate of drug-likeness (QED) is 0.186. The Labute approximate surface area is 272 Å². The number of para-hydroxylation sites is 2. The Morgan fingerprint density at radius 3 is 1.50 bits per heavy atom. The highest BCUT2D eigenvalue weighted by Crippen LogP contribution is 2.50. The Balaban J connectivity index is 1.31. The number of fused-ring (bicyclic) bond motifs is 3. The van der Waals surface area contributed by atoms with Crippen molar-refractivity contribution in [2.75, 3.05) is 4.90 Å². The van der Waals surface area contributed by atoms with Crippen LogP contribution in [0.5, 0.6) is 0 Å². The number of rotatable bonds is 6. The molecule has 0 heterocycles. The van der Waals surface area contributed by atoms with Gasteiger partial charge in [-0.1, -0.05) is 147 Å². The third-order valence-electron chi connectivity index (χ3n) is 9.49. The second-order valence-electron chi connectivity index (χ2n) is 12.6. The molecular weight excluding hydrogens is 555 g/mol. The molecule has 1 aliphatic carbocycles. The van der Waals surface area contributed by atoms with E-state index in [1.54, 1.807) is 0 Å². The second kappa shape index (κ2) is 11.4. The average molecular weight is 590 g/mol. The molecule has 0 saturated heterocycles. The van der Waals surface area contributed by atoms with Gasteiger partial charge in [0.1, 0.15) is 0 Å². The molecule has 8 rings (SSSR count). The molecule has 0 spiro atoms. The highest BCUT2D eigenvalue weighted by atomic mass is 15.1. The summed E-state index contributed by atoms with van der Waals surface area (Å²) in [7, 11) is 0. The summed E-state index contributed by atoms with van der Waals surface area (Å²) in [6, 6.07) is 63.8. The van der Waals surface area contributed by atoms with Crippen molar-refractivity contribution in [2.45, 2.75) is 19.3 Å². The van der Waals surface area contributed by atoms with Crippen molar-refractivity contribution in [2.24, 2.45) is 0 Å². The van der Waals surface area contributed by atoms with Crippen molar-refractivity contribution in [3.63, 3.8) is 0 Å². The Morgan fingerprint density at radius 2 is 0.826 bits per heavy atom. The zero-order valence-electron chi connectivity index (χ0n) is 26.2. The topological polar surface area (TPSA) is 3.24 Å². The third-order valence-corrected chi connectivity index (χ3v) is 9.49. The van der Waals surface area contributed by atoms with E-state index in [4.69, 9.17) is 0 Å². The zero-order valence-corrected chi connectivity index (χ0v) is 26.2. The molecule has 0 aromatic heterocycles. The van der Waals surface area contributed by atoms with Crippen LogP contribution in [0, 0.1) is 0 Å². The normalized spacial score (nSPS) is 12.7. The van der Waals surface area contributed by atoms with Crippen LogP contribution in [0.4, 0.5) is 17.1 Å². The van der Waals surface area contributed by atoms with Crippen LogP contribution >= 0.6 is 0 Å². The van der Waals surface area contributed by atoms with Crippen LogP contribution in [-0.4, -0.2) is 0 Å². The molecule has 0 amide bonds. The van der Waals surface area contributed by atoms with E-state index in [0.717, 1.165) is 17.1 Å². The standard InChI is InChI=1S/C45H35N/c1-45(2)43-21-13-12-20-40(43)41-28-26-35(30-44(41)45)42-31-38(46(36-16-8-4-9-17-36)37-18-10-5-11-19-37)27-29-39(42)34-24-22-33(23-25-34)32-14-6-3-7-15-32/h3-31H,1-2H3. The van der Waals surface area contributed by atoms with E-state index in [0.29, 0.717) is 0 Å². The van der Waals surface area contributed by atoms with Crippen LogP contribution < -0.4 is 4.90 Å². The van der Waals surface area contributed by atoms with Gasteiger partial charge in [0.05, 0.1) is 0 Å². The van der Waals surface area contributed by atoms with E-state index < -0.39 is 0 Å². The molecular formula is C45H35N. The first kappa shape index (κ1) is 27.9. The fraction of sp³-hybridized carbons (Fsp3) is 0.0667. The summed E-state index contributed by atoms with van der Waals surface area (Å²) < 4.78 is 0. The Hall–Kier alpha value is -5.66. The van der Waals surface area contributed by atoms with Gasteiger partial charge in [0, 0.05) is 22.5 Å². The molecule has 1 aliphatic rings. The van der Waals surface area contributed by atoms with Crippen molar-refractivity contribution in [3.8, 4) is 44.5 Å². The van der Waals surface area contributed by atoms with Crippen LogP contribution in [0.2, 0.25) is 0 Å². The lowest BCUT2D eigenvalue weighted by atomic mass is 9.81. The Morgan fingerprint density at radius 1 is 0.326 bits per heavy atom.